The molecule has 5 heteroatoms. The number of benzene rings is 2. The number of rotatable bonds is 7. The Labute approximate surface area is 188 Å². The molecule has 0 radical (unpaired) electrons. The van der Waals surface area contributed by atoms with Crippen LogP contribution in [0, 0.1) is 18.8 Å². The number of para-hydroxylation sites is 1. The molecule has 2 aromatic heterocycles. The number of pyridine rings is 2. The van der Waals surface area contributed by atoms with E-state index < -0.39 is 0 Å². The number of hydrogen-bond acceptors (Lipinski definition) is 5. The van der Waals surface area contributed by atoms with Crippen LogP contribution in [0.4, 0.5) is 5.82 Å². The van der Waals surface area contributed by atoms with Crippen LogP contribution in [0.25, 0.3) is 21.8 Å². The molecule has 0 amide bonds. The molecule has 0 fully saturated rings. The number of aryl methyl sites for hydroxylation is 2. The minimum Gasteiger partial charge on any atom is -0.426 e. The normalized spacial score (nSPS) is 13.2. The number of aromatic nitrogens is 2. The molecule has 164 valence electrons. The van der Waals surface area contributed by atoms with E-state index in [-0.39, 0.29) is 17.8 Å². The van der Waals surface area contributed by atoms with E-state index in [0.29, 0.717) is 23.5 Å². The van der Waals surface area contributed by atoms with Gasteiger partial charge in [-0.25, -0.2) is 4.98 Å². The molecule has 2 atom stereocenters. The third-order valence-corrected chi connectivity index (χ3v) is 6.21. The van der Waals surface area contributed by atoms with Crippen LogP contribution in [0.5, 0.6) is 5.75 Å². The van der Waals surface area contributed by atoms with Gasteiger partial charge < -0.3 is 10.5 Å². The van der Waals surface area contributed by atoms with Crippen molar-refractivity contribution in [3.8, 4) is 5.75 Å². The second-order valence-electron chi connectivity index (χ2n) is 8.52. The Balaban J connectivity index is 1.59. The van der Waals surface area contributed by atoms with E-state index in [2.05, 4.69) is 42.0 Å². The first kappa shape index (κ1) is 21.8. The Morgan fingerprint density at radius 2 is 1.88 bits per heavy atom. The van der Waals surface area contributed by atoms with Gasteiger partial charge in [-0.1, -0.05) is 50.6 Å². The number of fused-ring (bicyclic) bond motifs is 3. The van der Waals surface area contributed by atoms with Crippen molar-refractivity contribution in [1.29, 1.82) is 0 Å². The highest BCUT2D eigenvalue weighted by molar-refractivity contribution is 6.08. The molecule has 5 nitrogen and oxygen atoms in total. The lowest BCUT2D eigenvalue weighted by atomic mass is 9.87. The first-order chi connectivity index (χ1) is 15.5. The minimum atomic E-state index is -0.183. The van der Waals surface area contributed by atoms with Crippen molar-refractivity contribution in [2.24, 2.45) is 11.8 Å². The third kappa shape index (κ3) is 4.57. The van der Waals surface area contributed by atoms with Crippen LogP contribution in [0.3, 0.4) is 0 Å². The third-order valence-electron chi connectivity index (χ3n) is 6.21. The van der Waals surface area contributed by atoms with Gasteiger partial charge in [0.05, 0.1) is 11.4 Å². The lowest BCUT2D eigenvalue weighted by Gasteiger charge is -2.21. The number of nitrogens with two attached hydrogens (primary N) is 1. The van der Waals surface area contributed by atoms with Crippen LogP contribution < -0.4 is 10.5 Å². The molecule has 0 spiro atoms. The van der Waals surface area contributed by atoms with Crippen molar-refractivity contribution < 1.29 is 9.53 Å². The Kier molecular flexibility index (Phi) is 6.35. The summed E-state index contributed by atoms with van der Waals surface area (Å²) in [7, 11) is 0. The molecule has 0 saturated heterocycles. The zero-order chi connectivity index (χ0) is 22.7. The highest BCUT2D eigenvalue weighted by atomic mass is 16.5. The van der Waals surface area contributed by atoms with Crippen molar-refractivity contribution in [3.05, 3.63) is 71.9 Å². The molecule has 0 bridgehead atoms. The lowest BCUT2D eigenvalue weighted by molar-refractivity contribution is -0.141. The van der Waals surface area contributed by atoms with E-state index in [1.807, 2.05) is 49.5 Å². The number of anilines is 1. The summed E-state index contributed by atoms with van der Waals surface area (Å²) in [5, 5.41) is 2.04. The molecule has 4 aromatic rings. The van der Waals surface area contributed by atoms with Crippen LogP contribution in [0.15, 0.2) is 60.8 Å². The van der Waals surface area contributed by atoms with E-state index in [1.165, 1.54) is 0 Å². The number of carbonyl (C=O) groups is 1. The Bertz CT molecular complexity index is 1250. The summed E-state index contributed by atoms with van der Waals surface area (Å²) in [5.74, 6) is 0.895. The number of hydrogen-bond donors (Lipinski definition) is 1. The summed E-state index contributed by atoms with van der Waals surface area (Å²) < 4.78 is 5.66. The minimum absolute atomic E-state index is 0.173. The Morgan fingerprint density at radius 3 is 2.62 bits per heavy atom. The van der Waals surface area contributed by atoms with Gasteiger partial charge in [0.15, 0.2) is 5.82 Å². The summed E-state index contributed by atoms with van der Waals surface area (Å²) in [4.78, 5) is 22.1. The molecule has 4 rings (SSSR count). The SMILES string of the molecule is CCC(C)C(CCc1cnc2c(N)nc3cc(C)ccc3c2c1)C(=O)Oc1ccccc1. The lowest BCUT2D eigenvalue weighted by Crippen LogP contribution is -2.27. The predicted octanol–water partition coefficient (Wildman–Crippen LogP) is 5.87. The fourth-order valence-electron chi connectivity index (χ4n) is 4.12. The second kappa shape index (κ2) is 9.35. The second-order valence-corrected chi connectivity index (χ2v) is 8.52. The molecular weight excluding hydrogens is 398 g/mol. The number of nitrogens with zero attached hydrogens (tertiary/aromatic N) is 2. The van der Waals surface area contributed by atoms with Gasteiger partial charge in [-0.15, -0.1) is 0 Å². The van der Waals surface area contributed by atoms with Crippen molar-refractivity contribution >= 4 is 33.6 Å². The van der Waals surface area contributed by atoms with Gasteiger partial charge in [-0.2, -0.15) is 0 Å². The summed E-state index contributed by atoms with van der Waals surface area (Å²) in [6, 6.07) is 17.6. The van der Waals surface area contributed by atoms with Crippen molar-refractivity contribution in [1.82, 2.24) is 9.97 Å². The first-order valence-corrected chi connectivity index (χ1v) is 11.2. The highest BCUT2D eigenvalue weighted by Gasteiger charge is 2.26. The maximum absolute atomic E-state index is 12.9. The van der Waals surface area contributed by atoms with Gasteiger partial charge in [0.1, 0.15) is 11.3 Å². The largest absolute Gasteiger partial charge is 0.426 e. The monoisotopic (exact) mass is 427 g/mol. The molecular formula is C27H29N3O2. The molecule has 2 heterocycles. The topological polar surface area (TPSA) is 78.1 Å². The van der Waals surface area contributed by atoms with Gasteiger partial charge in [0, 0.05) is 17.0 Å². The number of nitrogen functional groups attached to an aromatic ring is 1. The fourth-order valence-corrected chi connectivity index (χ4v) is 4.12. The predicted molar refractivity (Wildman–Crippen MR) is 130 cm³/mol. The first-order valence-electron chi connectivity index (χ1n) is 11.2. The van der Waals surface area contributed by atoms with Crippen LogP contribution in [0.1, 0.15) is 37.8 Å². The van der Waals surface area contributed by atoms with Gasteiger partial charge in [-0.05, 0) is 61.1 Å². The molecule has 32 heavy (non-hydrogen) atoms. The number of carbonyl (C=O) groups excluding carboxylic acids is 1. The molecule has 2 aromatic carbocycles. The quantitative estimate of drug-likeness (QED) is 0.227. The molecule has 0 saturated carbocycles. The molecule has 0 aliphatic rings. The standard InChI is InChI=1S/C27H29N3O2/c1-4-18(3)21(27(31)32-20-8-6-5-7-9-20)13-11-19-15-23-22-12-10-17(2)14-24(22)30-26(28)25(23)29-16-19/h5-10,12,14-16,18,21H,4,11,13H2,1-3H3,(H2,28,30). The number of esters is 1. The molecule has 0 aliphatic carbocycles. The Hall–Kier alpha value is -3.47. The van der Waals surface area contributed by atoms with Gasteiger partial charge in [0.2, 0.25) is 0 Å². The van der Waals surface area contributed by atoms with Crippen LogP contribution in [0.2, 0.25) is 0 Å². The van der Waals surface area contributed by atoms with Crippen LogP contribution >= 0.6 is 0 Å². The van der Waals surface area contributed by atoms with Gasteiger partial charge in [0.25, 0.3) is 0 Å². The zero-order valence-electron chi connectivity index (χ0n) is 18.8. The van der Waals surface area contributed by atoms with E-state index in [4.69, 9.17) is 10.5 Å². The zero-order valence-corrected chi connectivity index (χ0v) is 18.8. The maximum Gasteiger partial charge on any atom is 0.314 e. The molecule has 0 aliphatic heterocycles. The maximum atomic E-state index is 12.9. The van der Waals surface area contributed by atoms with E-state index in [9.17, 15) is 4.79 Å². The fraction of sp³-hybridized carbons (Fsp3) is 0.296. The van der Waals surface area contributed by atoms with E-state index in [0.717, 1.165) is 40.3 Å². The van der Waals surface area contributed by atoms with Crippen molar-refractivity contribution in [3.63, 3.8) is 0 Å². The molecule has 2 unspecified atom stereocenters. The summed E-state index contributed by atoms with van der Waals surface area (Å²) in [5.41, 5.74) is 9.98. The van der Waals surface area contributed by atoms with Crippen LogP contribution in [-0.4, -0.2) is 15.9 Å². The van der Waals surface area contributed by atoms with E-state index >= 15 is 0 Å². The highest BCUT2D eigenvalue weighted by Crippen LogP contribution is 2.29. The average Bonchev–Trinajstić information content (AvgIpc) is 2.79. The Morgan fingerprint density at radius 1 is 1.09 bits per heavy atom. The van der Waals surface area contributed by atoms with Crippen LogP contribution in [-0.2, 0) is 11.2 Å². The van der Waals surface area contributed by atoms with E-state index in [1.54, 1.807) is 0 Å². The summed E-state index contributed by atoms with van der Waals surface area (Å²) in [6.07, 6.45) is 4.19. The van der Waals surface area contributed by atoms with Crippen molar-refractivity contribution in [2.75, 3.05) is 5.73 Å². The van der Waals surface area contributed by atoms with Gasteiger partial charge >= 0.3 is 5.97 Å². The average molecular weight is 428 g/mol. The smallest absolute Gasteiger partial charge is 0.314 e. The summed E-state index contributed by atoms with van der Waals surface area (Å²) in [6.45, 7) is 6.26. The van der Waals surface area contributed by atoms with Gasteiger partial charge in [-0.3, -0.25) is 9.78 Å². The number of ether oxygens (including phenoxy) is 1. The molecule has 2 N–H and O–H groups in total. The van der Waals surface area contributed by atoms with Crippen molar-refractivity contribution in [2.45, 2.75) is 40.0 Å². The summed E-state index contributed by atoms with van der Waals surface area (Å²) >= 11 is 0.